The number of hydrogen-bond acceptors (Lipinski definition) is 4. The molecule has 0 atom stereocenters. The summed E-state index contributed by atoms with van der Waals surface area (Å²) in [6.45, 7) is 4.51. The number of amides is 1. The molecule has 0 radical (unpaired) electrons. The van der Waals surface area contributed by atoms with E-state index in [9.17, 15) is 4.79 Å². The van der Waals surface area contributed by atoms with Gasteiger partial charge in [0.05, 0.1) is 13.1 Å². The first-order valence-electron chi connectivity index (χ1n) is 4.91. The molecule has 6 nitrogen and oxygen atoms in total. The van der Waals surface area contributed by atoms with E-state index >= 15 is 0 Å². The predicted molar refractivity (Wildman–Crippen MR) is 57.9 cm³/mol. The third-order valence-electron chi connectivity index (χ3n) is 2.13. The minimum Gasteiger partial charge on any atom is -0.382 e. The highest BCUT2D eigenvalue weighted by atomic mass is 16.1. The monoisotopic (exact) mass is 211 g/mol. The molecule has 84 valence electrons. The molecule has 0 aliphatic carbocycles. The first-order valence-corrected chi connectivity index (χ1v) is 4.91. The zero-order valence-electron chi connectivity index (χ0n) is 8.89. The number of hydrogen-bond donors (Lipinski definition) is 2. The zero-order chi connectivity index (χ0) is 11.3. The van der Waals surface area contributed by atoms with Gasteiger partial charge in [-0.2, -0.15) is 5.10 Å². The van der Waals surface area contributed by atoms with Crippen LogP contribution in [0.1, 0.15) is 6.92 Å². The van der Waals surface area contributed by atoms with Crippen molar-refractivity contribution in [1.82, 2.24) is 14.7 Å². The van der Waals surface area contributed by atoms with Gasteiger partial charge in [0.1, 0.15) is 5.82 Å². The summed E-state index contributed by atoms with van der Waals surface area (Å²) >= 11 is 0. The van der Waals surface area contributed by atoms with Gasteiger partial charge in [0.15, 0.2) is 0 Å². The minimum absolute atomic E-state index is 0.285. The first kappa shape index (κ1) is 11.5. The lowest BCUT2D eigenvalue weighted by molar-refractivity contribution is -0.119. The van der Waals surface area contributed by atoms with Gasteiger partial charge >= 0.3 is 0 Å². The second-order valence-corrected chi connectivity index (χ2v) is 3.34. The van der Waals surface area contributed by atoms with Gasteiger partial charge in [-0.15, -0.1) is 0 Å². The van der Waals surface area contributed by atoms with Crippen molar-refractivity contribution in [3.05, 3.63) is 12.3 Å². The number of nitrogens with zero attached hydrogens (tertiary/aromatic N) is 3. The van der Waals surface area contributed by atoms with Crippen LogP contribution in [0.15, 0.2) is 12.3 Å². The SMILES string of the molecule is CCN(CCn1ccc(N)n1)CC(N)=O. The van der Waals surface area contributed by atoms with Gasteiger partial charge in [-0.25, -0.2) is 0 Å². The van der Waals surface area contributed by atoms with Gasteiger partial charge in [0.25, 0.3) is 0 Å². The van der Waals surface area contributed by atoms with Crippen molar-refractivity contribution in [3.8, 4) is 0 Å². The predicted octanol–water partition coefficient (Wildman–Crippen LogP) is -0.727. The molecular formula is C9H17N5O. The number of nitrogens with two attached hydrogens (primary N) is 2. The summed E-state index contributed by atoms with van der Waals surface area (Å²) in [7, 11) is 0. The van der Waals surface area contributed by atoms with Crippen molar-refractivity contribution < 1.29 is 4.79 Å². The van der Waals surface area contributed by atoms with E-state index in [4.69, 9.17) is 11.5 Å². The number of carbonyl (C=O) groups excluding carboxylic acids is 1. The highest BCUT2D eigenvalue weighted by molar-refractivity contribution is 5.75. The van der Waals surface area contributed by atoms with E-state index in [1.807, 2.05) is 18.0 Å². The number of nitrogen functional groups attached to an aromatic ring is 1. The van der Waals surface area contributed by atoms with Crippen LogP contribution in [0, 0.1) is 0 Å². The van der Waals surface area contributed by atoms with Crippen molar-refractivity contribution in [1.29, 1.82) is 0 Å². The summed E-state index contributed by atoms with van der Waals surface area (Å²) in [5, 5.41) is 4.05. The molecule has 0 saturated heterocycles. The molecule has 0 saturated carbocycles. The van der Waals surface area contributed by atoms with Crippen LogP contribution in [0.5, 0.6) is 0 Å². The van der Waals surface area contributed by atoms with Crippen LogP contribution in [-0.2, 0) is 11.3 Å². The molecule has 0 fully saturated rings. The number of aromatic nitrogens is 2. The number of carbonyl (C=O) groups is 1. The molecule has 0 spiro atoms. The van der Waals surface area contributed by atoms with Crippen LogP contribution in [0.25, 0.3) is 0 Å². The molecule has 15 heavy (non-hydrogen) atoms. The molecule has 1 heterocycles. The van der Waals surface area contributed by atoms with Crippen molar-refractivity contribution in [3.63, 3.8) is 0 Å². The Morgan fingerprint density at radius 1 is 1.67 bits per heavy atom. The highest BCUT2D eigenvalue weighted by Crippen LogP contribution is 1.96. The molecule has 4 N–H and O–H groups in total. The lowest BCUT2D eigenvalue weighted by Gasteiger charge is -2.17. The van der Waals surface area contributed by atoms with E-state index in [0.717, 1.165) is 13.1 Å². The van der Waals surface area contributed by atoms with Crippen LogP contribution in [0.4, 0.5) is 5.82 Å². The Bertz CT molecular complexity index is 322. The number of rotatable bonds is 6. The van der Waals surface area contributed by atoms with E-state index in [0.29, 0.717) is 12.4 Å². The van der Waals surface area contributed by atoms with E-state index in [1.54, 1.807) is 10.7 Å². The van der Waals surface area contributed by atoms with Crippen LogP contribution in [-0.4, -0.2) is 40.2 Å². The summed E-state index contributed by atoms with van der Waals surface area (Å²) in [6.07, 6.45) is 1.81. The van der Waals surface area contributed by atoms with Crippen molar-refractivity contribution >= 4 is 11.7 Å². The highest BCUT2D eigenvalue weighted by Gasteiger charge is 2.05. The maximum Gasteiger partial charge on any atom is 0.231 e. The molecule has 6 heteroatoms. The molecule has 0 aromatic carbocycles. The third-order valence-corrected chi connectivity index (χ3v) is 2.13. The quantitative estimate of drug-likeness (QED) is 0.649. The largest absolute Gasteiger partial charge is 0.382 e. The molecule has 0 bridgehead atoms. The fourth-order valence-electron chi connectivity index (χ4n) is 1.32. The Hall–Kier alpha value is -1.56. The second-order valence-electron chi connectivity index (χ2n) is 3.34. The lowest BCUT2D eigenvalue weighted by Crippen LogP contribution is -2.35. The van der Waals surface area contributed by atoms with Crippen molar-refractivity contribution in [2.75, 3.05) is 25.4 Å². The van der Waals surface area contributed by atoms with E-state index in [-0.39, 0.29) is 12.5 Å². The van der Waals surface area contributed by atoms with Gasteiger partial charge < -0.3 is 11.5 Å². The average molecular weight is 211 g/mol. The minimum atomic E-state index is -0.308. The smallest absolute Gasteiger partial charge is 0.231 e. The molecule has 0 unspecified atom stereocenters. The van der Waals surface area contributed by atoms with Crippen molar-refractivity contribution in [2.45, 2.75) is 13.5 Å². The molecule has 0 aliphatic rings. The molecule has 1 amide bonds. The summed E-state index contributed by atoms with van der Waals surface area (Å²) in [6, 6.07) is 1.74. The Balaban J connectivity index is 2.37. The summed E-state index contributed by atoms with van der Waals surface area (Å²) < 4.78 is 1.75. The topological polar surface area (TPSA) is 90.2 Å². The number of anilines is 1. The second kappa shape index (κ2) is 5.35. The van der Waals surface area contributed by atoms with Crippen molar-refractivity contribution in [2.24, 2.45) is 5.73 Å². The van der Waals surface area contributed by atoms with Gasteiger partial charge in [0, 0.05) is 12.7 Å². The normalized spacial score (nSPS) is 10.8. The standard InChI is InChI=1S/C9H17N5O/c1-2-13(7-9(11)15)5-6-14-4-3-8(10)12-14/h3-4H,2,5-7H2,1H3,(H2,10,12)(H2,11,15). The average Bonchev–Trinajstić information content (AvgIpc) is 2.58. The molecule has 1 aromatic rings. The Labute approximate surface area is 88.8 Å². The molecule has 1 aromatic heterocycles. The van der Waals surface area contributed by atoms with Crippen LogP contribution in [0.2, 0.25) is 0 Å². The maximum absolute atomic E-state index is 10.7. The van der Waals surface area contributed by atoms with Gasteiger partial charge in [-0.05, 0) is 12.6 Å². The van der Waals surface area contributed by atoms with E-state index in [1.165, 1.54) is 0 Å². The summed E-state index contributed by atoms with van der Waals surface area (Å²) in [5.74, 6) is 0.199. The fraction of sp³-hybridized carbons (Fsp3) is 0.556. The zero-order valence-corrected chi connectivity index (χ0v) is 8.89. The summed E-state index contributed by atoms with van der Waals surface area (Å²) in [5.41, 5.74) is 10.6. The van der Waals surface area contributed by atoms with E-state index in [2.05, 4.69) is 5.10 Å². The molecular weight excluding hydrogens is 194 g/mol. The van der Waals surface area contributed by atoms with Gasteiger partial charge in [0.2, 0.25) is 5.91 Å². The Morgan fingerprint density at radius 2 is 2.40 bits per heavy atom. The third kappa shape index (κ3) is 3.99. The number of primary amides is 1. The first-order chi connectivity index (χ1) is 7.11. The maximum atomic E-state index is 10.7. The van der Waals surface area contributed by atoms with Gasteiger partial charge in [-0.3, -0.25) is 14.4 Å². The van der Waals surface area contributed by atoms with Gasteiger partial charge in [-0.1, -0.05) is 6.92 Å². The van der Waals surface area contributed by atoms with Crippen LogP contribution in [0.3, 0.4) is 0 Å². The Kier molecular flexibility index (Phi) is 4.11. The molecule has 1 rings (SSSR count). The molecule has 0 aliphatic heterocycles. The number of likely N-dealkylation sites (N-methyl/N-ethyl adjacent to an activating group) is 1. The Morgan fingerprint density at radius 3 is 2.87 bits per heavy atom. The van der Waals surface area contributed by atoms with Crippen LogP contribution < -0.4 is 11.5 Å². The summed E-state index contributed by atoms with van der Waals surface area (Å²) in [4.78, 5) is 12.7. The van der Waals surface area contributed by atoms with Crippen LogP contribution >= 0.6 is 0 Å². The fourth-order valence-corrected chi connectivity index (χ4v) is 1.32. The van der Waals surface area contributed by atoms with E-state index < -0.39 is 0 Å². The lowest BCUT2D eigenvalue weighted by atomic mass is 10.4.